The summed E-state index contributed by atoms with van der Waals surface area (Å²) in [6, 6.07) is 5.70. The van der Waals surface area contributed by atoms with E-state index in [-0.39, 0.29) is 30.1 Å². The molecular weight excluding hydrogens is 318 g/mol. The lowest BCUT2D eigenvalue weighted by molar-refractivity contribution is -0.121. The first-order chi connectivity index (χ1) is 11.0. The number of rotatable bonds is 5. The lowest BCUT2D eigenvalue weighted by atomic mass is 10.0. The SMILES string of the molecule is O=C(CCc1ccc2c(c1)OCO2)NCC1CCS(=O)(=O)CC1. The Morgan fingerprint density at radius 2 is 1.91 bits per heavy atom. The van der Waals surface area contributed by atoms with Crippen LogP contribution in [0, 0.1) is 5.92 Å². The van der Waals surface area contributed by atoms with Crippen LogP contribution >= 0.6 is 0 Å². The van der Waals surface area contributed by atoms with E-state index in [1.807, 2.05) is 18.2 Å². The third kappa shape index (κ3) is 4.37. The minimum absolute atomic E-state index is 0.00361. The summed E-state index contributed by atoms with van der Waals surface area (Å²) in [4.78, 5) is 11.9. The van der Waals surface area contributed by atoms with Crippen molar-refractivity contribution in [1.29, 1.82) is 0 Å². The lowest BCUT2D eigenvalue weighted by Gasteiger charge is -2.22. The van der Waals surface area contributed by atoms with Crippen molar-refractivity contribution < 1.29 is 22.7 Å². The van der Waals surface area contributed by atoms with Gasteiger partial charge in [-0.1, -0.05) is 6.07 Å². The van der Waals surface area contributed by atoms with Gasteiger partial charge in [0.1, 0.15) is 9.84 Å². The molecule has 2 heterocycles. The molecule has 1 aromatic carbocycles. The second-order valence-electron chi connectivity index (χ2n) is 6.09. The van der Waals surface area contributed by atoms with Crippen molar-refractivity contribution in [2.24, 2.45) is 5.92 Å². The van der Waals surface area contributed by atoms with Gasteiger partial charge in [0.25, 0.3) is 0 Å². The number of benzene rings is 1. The second-order valence-corrected chi connectivity index (χ2v) is 8.39. The fourth-order valence-corrected chi connectivity index (χ4v) is 4.43. The van der Waals surface area contributed by atoms with Gasteiger partial charge in [-0.25, -0.2) is 8.42 Å². The summed E-state index contributed by atoms with van der Waals surface area (Å²) in [7, 11) is -2.84. The molecule has 1 amide bonds. The van der Waals surface area contributed by atoms with Gasteiger partial charge in [-0.05, 0) is 42.9 Å². The minimum atomic E-state index is -2.84. The molecule has 7 heteroatoms. The molecule has 6 nitrogen and oxygen atoms in total. The van der Waals surface area contributed by atoms with Crippen LogP contribution < -0.4 is 14.8 Å². The quantitative estimate of drug-likeness (QED) is 0.874. The summed E-state index contributed by atoms with van der Waals surface area (Å²) in [5.41, 5.74) is 1.04. The summed E-state index contributed by atoms with van der Waals surface area (Å²) in [6.45, 7) is 0.811. The van der Waals surface area contributed by atoms with Gasteiger partial charge >= 0.3 is 0 Å². The molecule has 0 radical (unpaired) electrons. The molecule has 1 saturated heterocycles. The van der Waals surface area contributed by atoms with Gasteiger partial charge in [-0.3, -0.25) is 4.79 Å². The Morgan fingerprint density at radius 3 is 2.70 bits per heavy atom. The number of nitrogens with one attached hydrogen (secondary N) is 1. The highest BCUT2D eigenvalue weighted by atomic mass is 32.2. The largest absolute Gasteiger partial charge is 0.454 e. The summed E-state index contributed by atoms with van der Waals surface area (Å²) in [6.07, 6.45) is 2.34. The van der Waals surface area contributed by atoms with Gasteiger partial charge < -0.3 is 14.8 Å². The summed E-state index contributed by atoms with van der Waals surface area (Å²) < 4.78 is 33.3. The Morgan fingerprint density at radius 1 is 1.17 bits per heavy atom. The number of hydrogen-bond acceptors (Lipinski definition) is 5. The van der Waals surface area contributed by atoms with Crippen molar-refractivity contribution >= 4 is 15.7 Å². The molecule has 0 unspecified atom stereocenters. The zero-order chi connectivity index (χ0) is 16.3. The van der Waals surface area contributed by atoms with Gasteiger partial charge in [-0.2, -0.15) is 0 Å². The summed E-state index contributed by atoms with van der Waals surface area (Å²) >= 11 is 0. The van der Waals surface area contributed by atoms with Crippen molar-refractivity contribution in [3.63, 3.8) is 0 Å². The molecular formula is C16H21NO5S. The van der Waals surface area contributed by atoms with Gasteiger partial charge in [0, 0.05) is 13.0 Å². The molecule has 0 atom stereocenters. The average molecular weight is 339 g/mol. The van der Waals surface area contributed by atoms with E-state index in [0.717, 1.165) is 17.1 Å². The predicted molar refractivity (Wildman–Crippen MR) is 85.3 cm³/mol. The zero-order valence-electron chi connectivity index (χ0n) is 12.9. The van der Waals surface area contributed by atoms with Crippen molar-refractivity contribution in [2.75, 3.05) is 24.8 Å². The molecule has 1 aromatic rings. The maximum atomic E-state index is 11.9. The number of fused-ring (bicyclic) bond motifs is 1. The third-order valence-electron chi connectivity index (χ3n) is 4.34. The Labute approximate surface area is 136 Å². The molecule has 0 spiro atoms. The van der Waals surface area contributed by atoms with Gasteiger partial charge in [-0.15, -0.1) is 0 Å². The number of hydrogen-bond donors (Lipinski definition) is 1. The van der Waals surface area contributed by atoms with Crippen molar-refractivity contribution in [1.82, 2.24) is 5.32 Å². The van der Waals surface area contributed by atoms with Crippen LogP contribution in [0.1, 0.15) is 24.8 Å². The number of carbonyl (C=O) groups excluding carboxylic acids is 1. The van der Waals surface area contributed by atoms with Crippen molar-refractivity contribution in [3.8, 4) is 11.5 Å². The average Bonchev–Trinajstić information content (AvgIpc) is 2.99. The molecule has 0 aliphatic carbocycles. The van der Waals surface area contributed by atoms with E-state index >= 15 is 0 Å². The number of sulfone groups is 1. The third-order valence-corrected chi connectivity index (χ3v) is 6.06. The van der Waals surface area contributed by atoms with Crippen LogP contribution in [0.15, 0.2) is 18.2 Å². The Kier molecular flexibility index (Phi) is 4.75. The van der Waals surface area contributed by atoms with E-state index in [2.05, 4.69) is 5.32 Å². The molecule has 126 valence electrons. The Balaban J connectivity index is 1.40. The van der Waals surface area contributed by atoms with E-state index in [0.29, 0.717) is 32.2 Å². The van der Waals surface area contributed by atoms with E-state index in [9.17, 15) is 13.2 Å². The lowest BCUT2D eigenvalue weighted by Crippen LogP contribution is -2.34. The highest BCUT2D eigenvalue weighted by Gasteiger charge is 2.23. The highest BCUT2D eigenvalue weighted by molar-refractivity contribution is 7.91. The normalized spacial score (nSPS) is 19.5. The van der Waals surface area contributed by atoms with E-state index < -0.39 is 9.84 Å². The second kappa shape index (κ2) is 6.78. The Hall–Kier alpha value is -1.76. The van der Waals surface area contributed by atoms with Crippen LogP contribution in [-0.2, 0) is 21.1 Å². The summed E-state index contributed by atoms with van der Waals surface area (Å²) in [5.74, 6) is 2.22. The molecule has 1 fully saturated rings. The Bertz CT molecular complexity index is 672. The monoisotopic (exact) mass is 339 g/mol. The van der Waals surface area contributed by atoms with Crippen molar-refractivity contribution in [3.05, 3.63) is 23.8 Å². The van der Waals surface area contributed by atoms with Crippen LogP contribution in [0.2, 0.25) is 0 Å². The number of aryl methyl sites for hydroxylation is 1. The topological polar surface area (TPSA) is 81.7 Å². The van der Waals surface area contributed by atoms with Gasteiger partial charge in [0.05, 0.1) is 11.5 Å². The maximum Gasteiger partial charge on any atom is 0.231 e. The van der Waals surface area contributed by atoms with E-state index in [1.165, 1.54) is 0 Å². The first-order valence-electron chi connectivity index (χ1n) is 7.87. The standard InChI is InChI=1S/C16H21NO5S/c18-16(17-10-13-5-7-23(19,20)8-6-13)4-2-12-1-3-14-15(9-12)22-11-21-14/h1,3,9,13H,2,4-8,10-11H2,(H,17,18). The zero-order valence-corrected chi connectivity index (χ0v) is 13.7. The number of carbonyl (C=O) groups is 1. The smallest absolute Gasteiger partial charge is 0.231 e. The fraction of sp³-hybridized carbons (Fsp3) is 0.562. The molecule has 1 N–H and O–H groups in total. The minimum Gasteiger partial charge on any atom is -0.454 e. The van der Waals surface area contributed by atoms with E-state index in [4.69, 9.17) is 9.47 Å². The van der Waals surface area contributed by atoms with Crippen LogP contribution in [0.4, 0.5) is 0 Å². The molecule has 23 heavy (non-hydrogen) atoms. The molecule has 2 aliphatic heterocycles. The number of ether oxygens (including phenoxy) is 2. The van der Waals surface area contributed by atoms with Crippen LogP contribution in [-0.4, -0.2) is 39.2 Å². The molecule has 3 rings (SSSR count). The fourth-order valence-electron chi connectivity index (χ4n) is 2.84. The first kappa shape index (κ1) is 16.1. The van der Waals surface area contributed by atoms with E-state index in [1.54, 1.807) is 0 Å². The van der Waals surface area contributed by atoms with Gasteiger partial charge in [0.15, 0.2) is 11.5 Å². The number of amides is 1. The van der Waals surface area contributed by atoms with Crippen LogP contribution in [0.5, 0.6) is 11.5 Å². The van der Waals surface area contributed by atoms with Crippen LogP contribution in [0.25, 0.3) is 0 Å². The van der Waals surface area contributed by atoms with Gasteiger partial charge in [0.2, 0.25) is 12.7 Å². The molecule has 0 aromatic heterocycles. The first-order valence-corrected chi connectivity index (χ1v) is 9.70. The molecule has 0 saturated carbocycles. The maximum absolute atomic E-state index is 11.9. The summed E-state index contributed by atoms with van der Waals surface area (Å²) in [5, 5.41) is 2.91. The van der Waals surface area contributed by atoms with Crippen LogP contribution in [0.3, 0.4) is 0 Å². The highest BCUT2D eigenvalue weighted by Crippen LogP contribution is 2.32. The predicted octanol–water partition coefficient (Wildman–Crippen LogP) is 1.29. The van der Waals surface area contributed by atoms with Crippen molar-refractivity contribution in [2.45, 2.75) is 25.7 Å². The molecule has 2 aliphatic rings. The molecule has 0 bridgehead atoms.